The van der Waals surface area contributed by atoms with Crippen LogP contribution in [0, 0.1) is 11.8 Å². The minimum Gasteiger partial charge on any atom is -0.322 e. The average Bonchev–Trinajstić information content (AvgIpc) is 3.24. The third-order valence-corrected chi connectivity index (χ3v) is 7.01. The van der Waals surface area contributed by atoms with E-state index in [0.29, 0.717) is 26.9 Å². The van der Waals surface area contributed by atoms with Gasteiger partial charge in [-0.3, -0.25) is 4.98 Å². The van der Waals surface area contributed by atoms with E-state index < -0.39 is 0 Å². The molecule has 2 aromatic carbocycles. The van der Waals surface area contributed by atoms with E-state index in [9.17, 15) is 0 Å². The molecule has 0 aliphatic carbocycles. The molecule has 156 valence electrons. The van der Waals surface area contributed by atoms with Crippen LogP contribution in [0.1, 0.15) is 28.8 Å². The number of halogens is 3. The second-order valence-electron chi connectivity index (χ2n) is 7.88. The number of nitrogens with two attached hydrogens (primary N) is 1. The second kappa shape index (κ2) is 9.67. The van der Waals surface area contributed by atoms with Crippen molar-refractivity contribution in [3.63, 3.8) is 0 Å². The van der Waals surface area contributed by atoms with Gasteiger partial charge in [0.2, 0.25) is 0 Å². The molecule has 0 bridgehead atoms. The molecular weight excluding hydrogens is 437 g/mol. The van der Waals surface area contributed by atoms with Crippen molar-refractivity contribution in [3.05, 3.63) is 98.7 Å². The maximum Gasteiger partial charge on any atom is 0.0595 e. The van der Waals surface area contributed by atoms with E-state index in [4.69, 9.17) is 40.5 Å². The van der Waals surface area contributed by atoms with Gasteiger partial charge in [-0.2, -0.15) is 0 Å². The summed E-state index contributed by atoms with van der Waals surface area (Å²) in [6.07, 6.45) is 2.54. The van der Waals surface area contributed by atoms with Gasteiger partial charge in [-0.05, 0) is 60.2 Å². The average molecular weight is 461 g/mol. The Morgan fingerprint density at radius 1 is 0.967 bits per heavy atom. The number of pyridine rings is 1. The molecule has 0 amide bonds. The van der Waals surface area contributed by atoms with Crippen LogP contribution in [0.4, 0.5) is 0 Å². The van der Waals surface area contributed by atoms with E-state index in [0.717, 1.165) is 25.2 Å². The maximum atomic E-state index is 6.83. The van der Waals surface area contributed by atoms with Gasteiger partial charge in [0.1, 0.15) is 0 Å². The van der Waals surface area contributed by atoms with E-state index in [1.165, 1.54) is 11.1 Å². The van der Waals surface area contributed by atoms with Crippen LogP contribution in [0.15, 0.2) is 66.9 Å². The molecule has 1 aromatic heterocycles. The third-order valence-electron chi connectivity index (χ3n) is 6.05. The van der Waals surface area contributed by atoms with Crippen LogP contribution < -0.4 is 11.1 Å². The number of rotatable bonds is 6. The Kier molecular flexibility index (Phi) is 6.97. The van der Waals surface area contributed by atoms with Crippen molar-refractivity contribution in [1.82, 2.24) is 10.3 Å². The molecule has 3 N–H and O–H groups in total. The number of benzene rings is 2. The molecular formula is C24H24Cl3N3. The Bertz CT molecular complexity index is 979. The first-order valence-electron chi connectivity index (χ1n) is 10.1. The van der Waals surface area contributed by atoms with Crippen molar-refractivity contribution >= 4 is 34.8 Å². The van der Waals surface area contributed by atoms with Crippen LogP contribution >= 0.6 is 34.8 Å². The molecule has 30 heavy (non-hydrogen) atoms. The summed E-state index contributed by atoms with van der Waals surface area (Å²) in [5, 5.41) is 5.34. The van der Waals surface area contributed by atoms with Gasteiger partial charge >= 0.3 is 0 Å². The molecule has 1 aliphatic rings. The van der Waals surface area contributed by atoms with Crippen molar-refractivity contribution < 1.29 is 0 Å². The van der Waals surface area contributed by atoms with Crippen molar-refractivity contribution in [2.24, 2.45) is 17.6 Å². The zero-order valence-corrected chi connectivity index (χ0v) is 18.7. The van der Waals surface area contributed by atoms with Gasteiger partial charge in [-0.15, -0.1) is 0 Å². The van der Waals surface area contributed by atoms with Gasteiger partial charge in [-0.1, -0.05) is 71.2 Å². The molecule has 0 radical (unpaired) electrons. The lowest BCUT2D eigenvalue weighted by Crippen LogP contribution is -2.34. The van der Waals surface area contributed by atoms with Gasteiger partial charge in [0.15, 0.2) is 0 Å². The van der Waals surface area contributed by atoms with Crippen LogP contribution in [0.3, 0.4) is 0 Å². The van der Waals surface area contributed by atoms with E-state index in [1.807, 2.05) is 30.3 Å². The quantitative estimate of drug-likeness (QED) is 0.481. The molecule has 0 saturated carbocycles. The zero-order chi connectivity index (χ0) is 21.1. The van der Waals surface area contributed by atoms with Crippen molar-refractivity contribution in [2.45, 2.75) is 18.4 Å². The molecule has 1 saturated heterocycles. The summed E-state index contributed by atoms with van der Waals surface area (Å²) in [7, 11) is 0. The summed E-state index contributed by atoms with van der Waals surface area (Å²) in [6.45, 7) is 1.78. The minimum absolute atomic E-state index is 0.190. The molecule has 3 aromatic rings. The summed E-state index contributed by atoms with van der Waals surface area (Å²) in [4.78, 5) is 4.52. The standard InChI is InChI=1S/C24H24Cl3N3/c25-17-7-9-23(30-12-17)24(28)18(10-15-4-2-1-3-5-15)20-14-29-13-19(20)16-6-8-21(26)22(27)11-16/h1-9,11-12,18-20,24,29H,10,13-14,28H2. The first-order valence-corrected chi connectivity index (χ1v) is 11.2. The van der Waals surface area contributed by atoms with E-state index in [1.54, 1.807) is 6.20 Å². The maximum absolute atomic E-state index is 6.83. The number of hydrogen-bond acceptors (Lipinski definition) is 3. The van der Waals surface area contributed by atoms with E-state index in [-0.39, 0.29) is 12.0 Å². The molecule has 0 spiro atoms. The molecule has 4 rings (SSSR count). The number of aromatic nitrogens is 1. The Morgan fingerprint density at radius 3 is 2.47 bits per heavy atom. The van der Waals surface area contributed by atoms with Crippen molar-refractivity contribution in [3.8, 4) is 0 Å². The highest BCUT2D eigenvalue weighted by atomic mass is 35.5. The molecule has 4 unspecified atom stereocenters. The van der Waals surface area contributed by atoms with E-state index >= 15 is 0 Å². The first kappa shape index (κ1) is 21.6. The van der Waals surface area contributed by atoms with E-state index in [2.05, 4.69) is 40.6 Å². The summed E-state index contributed by atoms with van der Waals surface area (Å²) in [6, 6.07) is 20.0. The Hall–Kier alpha value is -1.62. The van der Waals surface area contributed by atoms with Gasteiger partial charge in [-0.25, -0.2) is 0 Å². The van der Waals surface area contributed by atoms with Gasteiger partial charge < -0.3 is 11.1 Å². The summed E-state index contributed by atoms with van der Waals surface area (Å²) in [5.41, 5.74) is 10.2. The highest BCUT2D eigenvalue weighted by Gasteiger charge is 2.38. The molecule has 2 heterocycles. The summed E-state index contributed by atoms with van der Waals surface area (Å²) < 4.78 is 0. The van der Waals surface area contributed by atoms with Crippen LogP contribution in [-0.4, -0.2) is 18.1 Å². The van der Waals surface area contributed by atoms with Gasteiger partial charge in [0.25, 0.3) is 0 Å². The van der Waals surface area contributed by atoms with Gasteiger partial charge in [0.05, 0.1) is 26.8 Å². The number of hydrogen-bond donors (Lipinski definition) is 2. The van der Waals surface area contributed by atoms with Crippen molar-refractivity contribution in [2.75, 3.05) is 13.1 Å². The monoisotopic (exact) mass is 459 g/mol. The smallest absolute Gasteiger partial charge is 0.0595 e. The second-order valence-corrected chi connectivity index (χ2v) is 9.13. The third kappa shape index (κ3) is 4.82. The lowest BCUT2D eigenvalue weighted by atomic mass is 9.73. The Labute approximate surface area is 192 Å². The molecule has 4 atom stereocenters. The van der Waals surface area contributed by atoms with Crippen LogP contribution in [0.25, 0.3) is 0 Å². The zero-order valence-electron chi connectivity index (χ0n) is 16.4. The Balaban J connectivity index is 1.68. The highest BCUT2D eigenvalue weighted by molar-refractivity contribution is 6.42. The normalized spacial score (nSPS) is 20.8. The lowest BCUT2D eigenvalue weighted by Gasteiger charge is -2.33. The topological polar surface area (TPSA) is 50.9 Å². The Morgan fingerprint density at radius 2 is 1.77 bits per heavy atom. The number of nitrogens with zero attached hydrogens (tertiary/aromatic N) is 1. The SMILES string of the molecule is NC(c1ccc(Cl)cn1)C(Cc1ccccc1)C1CNCC1c1ccc(Cl)c(Cl)c1. The summed E-state index contributed by atoms with van der Waals surface area (Å²) >= 11 is 18.5. The van der Waals surface area contributed by atoms with Crippen molar-refractivity contribution in [1.29, 1.82) is 0 Å². The lowest BCUT2D eigenvalue weighted by molar-refractivity contribution is 0.274. The van der Waals surface area contributed by atoms with Crippen LogP contribution in [0.5, 0.6) is 0 Å². The number of nitrogens with one attached hydrogen (secondary N) is 1. The molecule has 3 nitrogen and oxygen atoms in total. The fourth-order valence-electron chi connectivity index (χ4n) is 4.49. The first-order chi connectivity index (χ1) is 14.5. The fourth-order valence-corrected chi connectivity index (χ4v) is 4.91. The molecule has 6 heteroatoms. The molecule has 1 aliphatic heterocycles. The minimum atomic E-state index is -0.211. The predicted molar refractivity (Wildman–Crippen MR) is 125 cm³/mol. The largest absolute Gasteiger partial charge is 0.322 e. The fraction of sp³-hybridized carbons (Fsp3) is 0.292. The summed E-state index contributed by atoms with van der Waals surface area (Å²) in [5.74, 6) is 0.817. The van der Waals surface area contributed by atoms with Gasteiger partial charge in [0, 0.05) is 18.7 Å². The van der Waals surface area contributed by atoms with Crippen LogP contribution in [-0.2, 0) is 6.42 Å². The highest BCUT2D eigenvalue weighted by Crippen LogP contribution is 2.41. The van der Waals surface area contributed by atoms with Crippen LogP contribution in [0.2, 0.25) is 15.1 Å². The molecule has 1 fully saturated rings. The predicted octanol–water partition coefficient (Wildman–Crippen LogP) is 5.90.